The van der Waals surface area contributed by atoms with Crippen molar-refractivity contribution in [1.29, 1.82) is 0 Å². The molecule has 5 N–H and O–H groups in total. The molecule has 0 spiro atoms. The number of carbonyl (C=O) groups is 1. The van der Waals surface area contributed by atoms with Crippen LogP contribution in [0.5, 0.6) is 0 Å². The number of fused-ring (bicyclic) bond motifs is 1. The Kier molecular flexibility index (Phi) is 11.0. The lowest BCUT2D eigenvalue weighted by molar-refractivity contribution is -0.0625. The van der Waals surface area contributed by atoms with Gasteiger partial charge in [0.25, 0.3) is 5.56 Å². The van der Waals surface area contributed by atoms with Gasteiger partial charge in [0.05, 0.1) is 31.7 Å². The maximum atomic E-state index is 14.2. The van der Waals surface area contributed by atoms with Gasteiger partial charge in [0.2, 0.25) is 0 Å². The molecule has 2 saturated heterocycles. The molecule has 0 aromatic carbocycles. The minimum absolute atomic E-state index is 0.0935. The Hall–Kier alpha value is -3.40. The van der Waals surface area contributed by atoms with Gasteiger partial charge in [-0.2, -0.15) is 0 Å². The minimum atomic E-state index is -4.38. The Labute approximate surface area is 269 Å². The summed E-state index contributed by atoms with van der Waals surface area (Å²) in [5, 5.41) is 20.9. The quantitative estimate of drug-likeness (QED) is 0.106. The molecule has 20 nitrogen and oxygen atoms in total. The summed E-state index contributed by atoms with van der Waals surface area (Å²) in [5.74, 6) is -0.375. The fraction of sp³-hybridized carbons (Fsp3) is 0.600. The van der Waals surface area contributed by atoms with Gasteiger partial charge >= 0.3 is 18.6 Å². The summed E-state index contributed by atoms with van der Waals surface area (Å²) in [5.41, 5.74) is 5.13. The third-order valence-corrected chi connectivity index (χ3v) is 10.5. The first kappa shape index (κ1) is 34.9. The predicted molar refractivity (Wildman–Crippen MR) is 161 cm³/mol. The van der Waals surface area contributed by atoms with Crippen LogP contribution in [0.15, 0.2) is 34.5 Å². The summed E-state index contributed by atoms with van der Waals surface area (Å²) < 4.78 is 55.8. The van der Waals surface area contributed by atoms with Crippen LogP contribution in [-0.4, -0.2) is 108 Å². The van der Waals surface area contributed by atoms with Gasteiger partial charge in [0, 0.05) is 37.2 Å². The van der Waals surface area contributed by atoms with Crippen LogP contribution in [0.3, 0.4) is 0 Å². The van der Waals surface area contributed by atoms with Crippen LogP contribution >= 0.6 is 18.2 Å². The molecule has 0 saturated carbocycles. The fourth-order valence-corrected chi connectivity index (χ4v) is 7.77. The highest BCUT2D eigenvalue weighted by Gasteiger charge is 2.51. The molecule has 47 heavy (non-hydrogen) atoms. The number of ether oxygens (including phenoxy) is 5. The van der Waals surface area contributed by atoms with Crippen LogP contribution in [0.1, 0.15) is 32.7 Å². The van der Waals surface area contributed by atoms with Crippen molar-refractivity contribution >= 4 is 41.3 Å². The molecule has 3 aromatic rings. The summed E-state index contributed by atoms with van der Waals surface area (Å²) in [6.45, 7) is -2.26. The van der Waals surface area contributed by atoms with Crippen LogP contribution in [-0.2, 0) is 37.3 Å². The van der Waals surface area contributed by atoms with Gasteiger partial charge in [0.1, 0.15) is 42.5 Å². The molecule has 22 heteroatoms. The molecule has 0 radical (unpaired) electrons. The van der Waals surface area contributed by atoms with Crippen LogP contribution in [0, 0.1) is 0 Å². The number of aliphatic hydroxyl groups is 2. The number of H-pyrrole nitrogens is 1. The van der Waals surface area contributed by atoms with E-state index in [-0.39, 0.29) is 12.2 Å². The van der Waals surface area contributed by atoms with Crippen molar-refractivity contribution in [2.24, 2.45) is 0 Å². The van der Waals surface area contributed by atoms with Crippen molar-refractivity contribution in [2.45, 2.75) is 69.3 Å². The zero-order chi connectivity index (χ0) is 33.9. The van der Waals surface area contributed by atoms with E-state index in [4.69, 9.17) is 38.5 Å². The van der Waals surface area contributed by atoms with Crippen molar-refractivity contribution in [3.63, 3.8) is 0 Å². The first-order valence-electron chi connectivity index (χ1n) is 14.2. The molecule has 8 atom stereocenters. The Morgan fingerprint density at radius 2 is 2.00 bits per heavy atom. The van der Waals surface area contributed by atoms with E-state index in [0.717, 1.165) is 10.6 Å². The van der Waals surface area contributed by atoms with E-state index in [9.17, 15) is 29.2 Å². The highest BCUT2D eigenvalue weighted by molar-refractivity contribution is 8.55. The topological polar surface area (TPSA) is 264 Å². The Balaban J connectivity index is 1.34. The number of anilines is 1. The first-order valence-corrected chi connectivity index (χ1v) is 17.3. The van der Waals surface area contributed by atoms with Gasteiger partial charge in [-0.25, -0.2) is 29.1 Å². The largest absolute Gasteiger partial charge is 0.509 e. The number of rotatable bonds is 13. The molecular weight excluding hydrogens is 669 g/mol. The number of carbonyl (C=O) groups excluding carboxylic acids is 1. The number of nitrogens with two attached hydrogens (primary N) is 1. The van der Waals surface area contributed by atoms with Gasteiger partial charge in [-0.15, -0.1) is 0 Å². The number of aliphatic hydroxyl groups excluding tert-OH is 2. The summed E-state index contributed by atoms with van der Waals surface area (Å²) in [4.78, 5) is 50.5. The highest BCUT2D eigenvalue weighted by Crippen LogP contribution is 2.63. The van der Waals surface area contributed by atoms with Crippen molar-refractivity contribution in [3.05, 3.63) is 45.8 Å². The van der Waals surface area contributed by atoms with Gasteiger partial charge in [-0.1, -0.05) is 0 Å². The smallest absolute Gasteiger partial charge is 0.432 e. The third kappa shape index (κ3) is 7.85. The first-order chi connectivity index (χ1) is 22.4. The van der Waals surface area contributed by atoms with Crippen molar-refractivity contribution in [3.8, 4) is 0 Å². The zero-order valence-electron chi connectivity index (χ0n) is 25.3. The molecule has 6 unspecified atom stereocenters. The number of aromatic nitrogens is 6. The van der Waals surface area contributed by atoms with Crippen molar-refractivity contribution in [1.82, 2.24) is 29.1 Å². The number of nitrogen functional groups attached to an aromatic ring is 1. The van der Waals surface area contributed by atoms with E-state index < -0.39 is 92.4 Å². The average molecular weight is 704 g/mol. The lowest BCUT2D eigenvalue weighted by Crippen LogP contribution is -2.39. The second kappa shape index (κ2) is 14.8. The SMILES string of the molecule is COC1C(OP(=O)(OCC2O[C@@H](n3cnc4c(N)ncnc43)C[C@H]2O)SCOC(=O)OC(C)C)C(CO)OC1n1ccc(=O)[nH]c1=O. The van der Waals surface area contributed by atoms with Gasteiger partial charge in [0.15, 0.2) is 23.6 Å². The molecular formula is C25H34N7O13PS. The van der Waals surface area contributed by atoms with Crippen molar-refractivity contribution < 1.29 is 52.3 Å². The lowest BCUT2D eigenvalue weighted by Gasteiger charge is -2.28. The van der Waals surface area contributed by atoms with E-state index in [0.29, 0.717) is 22.5 Å². The molecule has 0 bridgehead atoms. The predicted octanol–water partition coefficient (Wildman–Crippen LogP) is 0.274. The van der Waals surface area contributed by atoms with Gasteiger partial charge < -0.3 is 39.6 Å². The maximum absolute atomic E-state index is 14.2. The second-order valence-corrected chi connectivity index (χ2v) is 14.6. The molecule has 0 aliphatic carbocycles. The average Bonchev–Trinajstić information content (AvgIpc) is 3.71. The van der Waals surface area contributed by atoms with E-state index in [2.05, 4.69) is 19.9 Å². The highest BCUT2D eigenvalue weighted by atomic mass is 32.7. The number of imidazole rings is 1. The van der Waals surface area contributed by atoms with Crippen LogP contribution in [0.4, 0.5) is 10.6 Å². The molecule has 2 fully saturated rings. The van der Waals surface area contributed by atoms with Crippen LogP contribution in [0.2, 0.25) is 0 Å². The fourth-order valence-electron chi connectivity index (χ4n) is 4.98. The van der Waals surface area contributed by atoms with E-state index in [1.165, 1.54) is 26.0 Å². The molecule has 3 aromatic heterocycles. The lowest BCUT2D eigenvalue weighted by atomic mass is 10.1. The summed E-state index contributed by atoms with van der Waals surface area (Å²) in [7, 11) is 1.28. The summed E-state index contributed by atoms with van der Waals surface area (Å²) >= 11 is 0.476. The second-order valence-electron chi connectivity index (χ2n) is 10.6. The molecule has 2 aliphatic rings. The summed E-state index contributed by atoms with van der Waals surface area (Å²) in [6.07, 6.45) is -5.23. The Morgan fingerprint density at radius 1 is 1.21 bits per heavy atom. The molecule has 5 rings (SSSR count). The number of aromatic amines is 1. The maximum Gasteiger partial charge on any atom is 0.509 e. The van der Waals surface area contributed by atoms with E-state index in [1.54, 1.807) is 18.4 Å². The third-order valence-electron chi connectivity index (χ3n) is 7.13. The number of hydrogen-bond donors (Lipinski definition) is 4. The number of nitrogens with one attached hydrogen (secondary N) is 1. The van der Waals surface area contributed by atoms with Crippen LogP contribution < -0.4 is 17.0 Å². The molecule has 2 aliphatic heterocycles. The summed E-state index contributed by atoms with van der Waals surface area (Å²) in [6, 6.07) is 1.09. The standard InChI is InChI=1S/C25H34N7O13PS/c1-12(2)42-25(37)40-11-47-46(38,45-19-14(7-33)44-23(20(19)39-3)31-5-4-16(35)30-24(31)36)41-8-15-13(34)6-17(43-15)32-10-29-18-21(26)27-9-28-22(18)32/h4-5,9-10,12-15,17,19-20,23,33-34H,6-8,11H2,1-3H3,(H2,26,27,28)(H,30,35,36)/t13-,14?,15?,17-,19?,20?,23?,46?/m1/s1. The monoisotopic (exact) mass is 703 g/mol. The van der Waals surface area contributed by atoms with Gasteiger partial charge in [-0.3, -0.25) is 28.0 Å². The normalized spacial score (nSPS) is 27.3. The van der Waals surface area contributed by atoms with E-state index >= 15 is 0 Å². The number of nitrogens with zero attached hydrogens (tertiary/aromatic N) is 5. The molecule has 5 heterocycles. The number of methoxy groups -OCH3 is 1. The Morgan fingerprint density at radius 3 is 2.70 bits per heavy atom. The van der Waals surface area contributed by atoms with E-state index in [1.807, 2.05) is 0 Å². The zero-order valence-corrected chi connectivity index (χ0v) is 27.0. The molecule has 0 amide bonds. The van der Waals surface area contributed by atoms with Crippen LogP contribution in [0.25, 0.3) is 11.2 Å². The van der Waals surface area contributed by atoms with Gasteiger partial charge in [-0.05, 0) is 13.8 Å². The minimum Gasteiger partial charge on any atom is -0.432 e. The molecule has 258 valence electrons. The number of hydrogen-bond acceptors (Lipinski definition) is 18. The van der Waals surface area contributed by atoms with Crippen molar-refractivity contribution in [2.75, 3.05) is 32.0 Å². The Bertz CT molecular complexity index is 1720.